The van der Waals surface area contributed by atoms with Crippen LogP contribution in [0.1, 0.15) is 5.69 Å². The Kier molecular flexibility index (Phi) is 2.78. The Labute approximate surface area is 87.5 Å². The Morgan fingerprint density at radius 3 is 2.67 bits per heavy atom. The summed E-state index contributed by atoms with van der Waals surface area (Å²) in [6.07, 6.45) is 1.73. The third-order valence-electron chi connectivity index (χ3n) is 2.15. The summed E-state index contributed by atoms with van der Waals surface area (Å²) in [5.74, 6) is -0.235. The van der Waals surface area contributed by atoms with E-state index in [1.807, 2.05) is 13.1 Å². The van der Waals surface area contributed by atoms with Crippen LogP contribution in [0, 0.1) is 5.82 Å². The SMILES string of the molecule is CNCc1ccnn1-c1ccc(F)cc1. The molecule has 0 unspecified atom stereocenters. The van der Waals surface area contributed by atoms with Gasteiger partial charge < -0.3 is 5.32 Å². The smallest absolute Gasteiger partial charge is 0.123 e. The van der Waals surface area contributed by atoms with Gasteiger partial charge in [-0.15, -0.1) is 0 Å². The molecule has 3 nitrogen and oxygen atoms in total. The first-order valence-corrected chi connectivity index (χ1v) is 4.74. The first-order chi connectivity index (χ1) is 7.31. The highest BCUT2D eigenvalue weighted by Crippen LogP contribution is 2.10. The van der Waals surface area contributed by atoms with Gasteiger partial charge in [0.15, 0.2) is 0 Å². The molecule has 2 rings (SSSR count). The normalized spacial score (nSPS) is 10.5. The fourth-order valence-electron chi connectivity index (χ4n) is 1.46. The third-order valence-corrected chi connectivity index (χ3v) is 2.15. The highest BCUT2D eigenvalue weighted by Gasteiger charge is 2.03. The summed E-state index contributed by atoms with van der Waals surface area (Å²) in [7, 11) is 1.88. The van der Waals surface area contributed by atoms with E-state index < -0.39 is 0 Å². The minimum absolute atomic E-state index is 0.235. The molecule has 0 aliphatic carbocycles. The molecule has 0 atom stereocenters. The van der Waals surface area contributed by atoms with E-state index in [9.17, 15) is 4.39 Å². The van der Waals surface area contributed by atoms with E-state index in [2.05, 4.69) is 10.4 Å². The van der Waals surface area contributed by atoms with Gasteiger partial charge in [-0.3, -0.25) is 0 Å². The molecule has 2 aromatic rings. The lowest BCUT2D eigenvalue weighted by molar-refractivity contribution is 0.626. The van der Waals surface area contributed by atoms with Crippen molar-refractivity contribution in [3.8, 4) is 5.69 Å². The van der Waals surface area contributed by atoms with Crippen LogP contribution in [0.5, 0.6) is 0 Å². The van der Waals surface area contributed by atoms with Crippen molar-refractivity contribution in [2.75, 3.05) is 7.05 Å². The Morgan fingerprint density at radius 1 is 1.27 bits per heavy atom. The zero-order valence-electron chi connectivity index (χ0n) is 8.44. The molecule has 1 aromatic carbocycles. The van der Waals surface area contributed by atoms with Gasteiger partial charge in [-0.05, 0) is 37.4 Å². The van der Waals surface area contributed by atoms with Gasteiger partial charge >= 0.3 is 0 Å². The summed E-state index contributed by atoms with van der Waals surface area (Å²) in [4.78, 5) is 0. The molecule has 0 fully saturated rings. The highest BCUT2D eigenvalue weighted by atomic mass is 19.1. The van der Waals surface area contributed by atoms with Crippen molar-refractivity contribution in [1.29, 1.82) is 0 Å². The molecule has 4 heteroatoms. The zero-order valence-corrected chi connectivity index (χ0v) is 8.44. The van der Waals surface area contributed by atoms with Crippen LogP contribution in [-0.2, 0) is 6.54 Å². The van der Waals surface area contributed by atoms with E-state index in [1.54, 1.807) is 23.0 Å². The number of nitrogens with zero attached hydrogens (tertiary/aromatic N) is 2. The summed E-state index contributed by atoms with van der Waals surface area (Å²) < 4.78 is 14.5. The molecule has 0 bridgehead atoms. The minimum atomic E-state index is -0.235. The fraction of sp³-hybridized carbons (Fsp3) is 0.182. The number of halogens is 1. The van der Waals surface area contributed by atoms with Gasteiger partial charge in [-0.25, -0.2) is 9.07 Å². The molecule has 0 spiro atoms. The maximum atomic E-state index is 12.7. The Morgan fingerprint density at radius 2 is 2.00 bits per heavy atom. The summed E-state index contributed by atoms with van der Waals surface area (Å²) in [6.45, 7) is 0.734. The van der Waals surface area contributed by atoms with Crippen LogP contribution in [0.25, 0.3) is 5.69 Å². The van der Waals surface area contributed by atoms with E-state index in [0.29, 0.717) is 0 Å². The van der Waals surface area contributed by atoms with Crippen LogP contribution in [0.3, 0.4) is 0 Å². The molecule has 1 heterocycles. The monoisotopic (exact) mass is 205 g/mol. The molecule has 0 aliphatic heterocycles. The van der Waals surface area contributed by atoms with E-state index >= 15 is 0 Å². The molecule has 0 amide bonds. The average Bonchev–Trinajstić information content (AvgIpc) is 2.68. The molecule has 78 valence electrons. The second-order valence-corrected chi connectivity index (χ2v) is 3.24. The average molecular weight is 205 g/mol. The number of nitrogens with one attached hydrogen (secondary N) is 1. The van der Waals surface area contributed by atoms with Gasteiger partial charge in [0, 0.05) is 12.7 Å². The van der Waals surface area contributed by atoms with Crippen molar-refractivity contribution in [1.82, 2.24) is 15.1 Å². The lowest BCUT2D eigenvalue weighted by Crippen LogP contribution is -2.10. The van der Waals surface area contributed by atoms with E-state index in [1.165, 1.54) is 12.1 Å². The van der Waals surface area contributed by atoms with Crippen molar-refractivity contribution in [3.05, 3.63) is 48.0 Å². The zero-order chi connectivity index (χ0) is 10.7. The van der Waals surface area contributed by atoms with Crippen molar-refractivity contribution < 1.29 is 4.39 Å². The van der Waals surface area contributed by atoms with Crippen molar-refractivity contribution in [3.63, 3.8) is 0 Å². The lowest BCUT2D eigenvalue weighted by atomic mass is 10.3. The minimum Gasteiger partial charge on any atom is -0.314 e. The Balaban J connectivity index is 2.36. The number of rotatable bonds is 3. The van der Waals surface area contributed by atoms with Gasteiger partial charge in [0.1, 0.15) is 5.82 Å². The first-order valence-electron chi connectivity index (χ1n) is 4.74. The number of hydrogen-bond acceptors (Lipinski definition) is 2. The second-order valence-electron chi connectivity index (χ2n) is 3.24. The second kappa shape index (κ2) is 4.23. The van der Waals surface area contributed by atoms with Gasteiger partial charge in [-0.2, -0.15) is 5.10 Å². The van der Waals surface area contributed by atoms with Crippen LogP contribution in [0.2, 0.25) is 0 Å². The summed E-state index contributed by atoms with van der Waals surface area (Å²) in [5.41, 5.74) is 1.91. The first kappa shape index (κ1) is 9.86. The van der Waals surface area contributed by atoms with Crippen molar-refractivity contribution in [2.45, 2.75) is 6.54 Å². The number of hydrogen-bond donors (Lipinski definition) is 1. The molecule has 0 saturated heterocycles. The molecular weight excluding hydrogens is 193 g/mol. The summed E-state index contributed by atoms with van der Waals surface area (Å²) in [5, 5.41) is 7.25. The van der Waals surface area contributed by atoms with Crippen LogP contribution in [-0.4, -0.2) is 16.8 Å². The maximum Gasteiger partial charge on any atom is 0.123 e. The molecule has 1 aromatic heterocycles. The Hall–Kier alpha value is -1.68. The topological polar surface area (TPSA) is 29.9 Å². The molecule has 0 radical (unpaired) electrons. The predicted molar refractivity (Wildman–Crippen MR) is 56.3 cm³/mol. The van der Waals surface area contributed by atoms with Gasteiger partial charge in [0.05, 0.1) is 11.4 Å². The predicted octanol–water partition coefficient (Wildman–Crippen LogP) is 1.73. The molecule has 0 aliphatic rings. The summed E-state index contributed by atoms with van der Waals surface area (Å²) in [6, 6.07) is 8.21. The molecule has 15 heavy (non-hydrogen) atoms. The van der Waals surface area contributed by atoms with Crippen LogP contribution >= 0.6 is 0 Å². The van der Waals surface area contributed by atoms with Gasteiger partial charge in [-0.1, -0.05) is 0 Å². The number of aromatic nitrogens is 2. The van der Waals surface area contributed by atoms with E-state index in [4.69, 9.17) is 0 Å². The molecule has 1 N–H and O–H groups in total. The Bertz CT molecular complexity index is 433. The number of benzene rings is 1. The third kappa shape index (κ3) is 2.05. The largest absolute Gasteiger partial charge is 0.314 e. The van der Waals surface area contributed by atoms with Gasteiger partial charge in [0.25, 0.3) is 0 Å². The van der Waals surface area contributed by atoms with Crippen molar-refractivity contribution in [2.24, 2.45) is 0 Å². The molecule has 0 saturated carbocycles. The summed E-state index contributed by atoms with van der Waals surface area (Å²) >= 11 is 0. The lowest BCUT2D eigenvalue weighted by Gasteiger charge is -2.06. The van der Waals surface area contributed by atoms with Gasteiger partial charge in [0.2, 0.25) is 0 Å². The maximum absolute atomic E-state index is 12.7. The standard InChI is InChI=1S/C11H12FN3/c1-13-8-11-6-7-14-15(11)10-4-2-9(12)3-5-10/h2-7,13H,8H2,1H3. The molecular formula is C11H12FN3. The fourth-order valence-corrected chi connectivity index (χ4v) is 1.46. The van der Waals surface area contributed by atoms with E-state index in [0.717, 1.165) is 17.9 Å². The van der Waals surface area contributed by atoms with Crippen LogP contribution < -0.4 is 5.32 Å². The quantitative estimate of drug-likeness (QED) is 0.827. The van der Waals surface area contributed by atoms with E-state index in [-0.39, 0.29) is 5.82 Å². The highest BCUT2D eigenvalue weighted by molar-refractivity contribution is 5.32. The van der Waals surface area contributed by atoms with Crippen LogP contribution in [0.15, 0.2) is 36.5 Å². The van der Waals surface area contributed by atoms with Crippen molar-refractivity contribution >= 4 is 0 Å². The van der Waals surface area contributed by atoms with Crippen LogP contribution in [0.4, 0.5) is 4.39 Å².